The van der Waals surface area contributed by atoms with Crippen LogP contribution in [0.4, 0.5) is 5.69 Å². The summed E-state index contributed by atoms with van der Waals surface area (Å²) in [4.78, 5) is 15.2. The first-order valence-corrected chi connectivity index (χ1v) is 12.3. The largest absolute Gasteiger partial charge is 0.502 e. The predicted octanol–water partition coefficient (Wildman–Crippen LogP) is 5.05. The number of sulfone groups is 1. The number of amides is 1. The molecular formula is C24H21NO4S2. The van der Waals surface area contributed by atoms with Crippen LogP contribution in [-0.4, -0.2) is 25.7 Å². The number of carbonyl (C=O) groups is 1. The van der Waals surface area contributed by atoms with Crippen molar-refractivity contribution in [1.82, 2.24) is 0 Å². The van der Waals surface area contributed by atoms with Crippen LogP contribution in [0.15, 0.2) is 99.3 Å². The molecule has 1 atom stereocenters. The molecule has 0 bridgehead atoms. The quantitative estimate of drug-likeness (QED) is 0.550. The third kappa shape index (κ3) is 3.75. The maximum Gasteiger partial charge on any atom is 0.295 e. The number of hydrogen-bond acceptors (Lipinski definition) is 5. The highest BCUT2D eigenvalue weighted by atomic mass is 32.2. The minimum absolute atomic E-state index is 0.0353. The second-order valence-corrected chi connectivity index (χ2v) is 10.0. The average Bonchev–Trinajstić information content (AvgIpc) is 3.06. The van der Waals surface area contributed by atoms with Gasteiger partial charge in [-0.05, 0) is 55.1 Å². The van der Waals surface area contributed by atoms with Crippen LogP contribution in [0.25, 0.3) is 0 Å². The van der Waals surface area contributed by atoms with Crippen LogP contribution in [-0.2, 0) is 14.6 Å². The summed E-state index contributed by atoms with van der Waals surface area (Å²) in [5.74, 6) is -1.49. The van der Waals surface area contributed by atoms with Gasteiger partial charge >= 0.3 is 0 Å². The molecule has 4 rings (SSSR count). The van der Waals surface area contributed by atoms with Crippen molar-refractivity contribution in [3.8, 4) is 0 Å². The van der Waals surface area contributed by atoms with Gasteiger partial charge in [0.05, 0.1) is 4.90 Å². The fraction of sp³-hybridized carbons (Fsp3) is 0.125. The zero-order valence-corrected chi connectivity index (χ0v) is 18.7. The Bertz CT molecular complexity index is 1250. The van der Waals surface area contributed by atoms with Gasteiger partial charge in [0.25, 0.3) is 5.91 Å². The summed E-state index contributed by atoms with van der Waals surface area (Å²) in [5, 5.41) is 10.8. The zero-order valence-electron chi connectivity index (χ0n) is 17.0. The number of carbonyl (C=O) groups excluding carboxylic acids is 1. The van der Waals surface area contributed by atoms with Crippen molar-refractivity contribution in [3.63, 3.8) is 0 Å². The number of aryl methyl sites for hydroxylation is 1. The number of thioether (sulfide) groups is 1. The van der Waals surface area contributed by atoms with Gasteiger partial charge in [0, 0.05) is 10.6 Å². The second-order valence-electron chi connectivity index (χ2n) is 7.22. The van der Waals surface area contributed by atoms with E-state index >= 15 is 0 Å². The van der Waals surface area contributed by atoms with Crippen LogP contribution in [0.5, 0.6) is 0 Å². The summed E-state index contributed by atoms with van der Waals surface area (Å²) in [6.07, 6.45) is 1.95. The Hall–Kier alpha value is -3.03. The van der Waals surface area contributed by atoms with Crippen LogP contribution in [0.2, 0.25) is 0 Å². The van der Waals surface area contributed by atoms with E-state index in [-0.39, 0.29) is 9.80 Å². The number of para-hydroxylation sites is 1. The zero-order chi connectivity index (χ0) is 22.2. The molecule has 31 heavy (non-hydrogen) atoms. The first-order chi connectivity index (χ1) is 14.8. The molecule has 7 heteroatoms. The van der Waals surface area contributed by atoms with Crippen molar-refractivity contribution in [3.05, 3.63) is 101 Å². The lowest BCUT2D eigenvalue weighted by molar-refractivity contribution is -0.117. The van der Waals surface area contributed by atoms with Crippen molar-refractivity contribution in [2.24, 2.45) is 0 Å². The SMILES string of the molecule is CSc1ccc([C@H]2C(S(=O)(=O)c3ccc(C)cc3)=C(O)C(=O)N2c2ccccc2)cc1. The number of benzene rings is 3. The third-order valence-electron chi connectivity index (χ3n) is 5.25. The molecule has 0 spiro atoms. The maximum absolute atomic E-state index is 13.6. The number of aliphatic hydroxyl groups is 1. The Kier molecular flexibility index (Phi) is 5.64. The molecule has 0 aromatic heterocycles. The highest BCUT2D eigenvalue weighted by Crippen LogP contribution is 2.44. The molecule has 1 aliphatic heterocycles. The molecule has 0 aliphatic carbocycles. The fourth-order valence-corrected chi connectivity index (χ4v) is 5.68. The molecule has 0 saturated carbocycles. The Morgan fingerprint density at radius 1 is 0.903 bits per heavy atom. The van der Waals surface area contributed by atoms with Gasteiger partial charge < -0.3 is 5.11 Å². The molecule has 3 aromatic rings. The molecule has 0 saturated heterocycles. The van der Waals surface area contributed by atoms with Crippen molar-refractivity contribution >= 4 is 33.2 Å². The van der Waals surface area contributed by atoms with E-state index in [9.17, 15) is 18.3 Å². The van der Waals surface area contributed by atoms with Gasteiger partial charge in [0.2, 0.25) is 9.84 Å². The topological polar surface area (TPSA) is 74.7 Å². The minimum Gasteiger partial charge on any atom is -0.502 e. The monoisotopic (exact) mass is 451 g/mol. The molecular weight excluding hydrogens is 430 g/mol. The van der Waals surface area contributed by atoms with E-state index in [1.54, 1.807) is 60.3 Å². The number of nitrogens with zero attached hydrogens (tertiary/aromatic N) is 1. The van der Waals surface area contributed by atoms with E-state index in [1.807, 2.05) is 31.4 Å². The molecule has 1 amide bonds. The van der Waals surface area contributed by atoms with Crippen LogP contribution < -0.4 is 4.90 Å². The molecule has 0 fully saturated rings. The van der Waals surface area contributed by atoms with E-state index in [0.29, 0.717) is 11.3 Å². The van der Waals surface area contributed by atoms with Gasteiger partial charge in [-0.25, -0.2) is 8.42 Å². The van der Waals surface area contributed by atoms with E-state index in [2.05, 4.69) is 0 Å². The lowest BCUT2D eigenvalue weighted by atomic mass is 10.1. The first-order valence-electron chi connectivity index (χ1n) is 9.62. The van der Waals surface area contributed by atoms with Crippen molar-refractivity contribution in [2.75, 3.05) is 11.2 Å². The fourth-order valence-electron chi connectivity index (χ4n) is 3.64. The first kappa shape index (κ1) is 21.2. The molecule has 1 aliphatic rings. The lowest BCUT2D eigenvalue weighted by Gasteiger charge is -2.27. The molecule has 158 valence electrons. The van der Waals surface area contributed by atoms with Gasteiger partial charge in [-0.15, -0.1) is 11.8 Å². The van der Waals surface area contributed by atoms with Gasteiger partial charge in [-0.3, -0.25) is 9.69 Å². The summed E-state index contributed by atoms with van der Waals surface area (Å²) in [6, 6.07) is 21.5. The highest BCUT2D eigenvalue weighted by molar-refractivity contribution is 7.98. The van der Waals surface area contributed by atoms with Gasteiger partial charge in [0.15, 0.2) is 5.76 Å². The van der Waals surface area contributed by atoms with Gasteiger partial charge in [0.1, 0.15) is 10.9 Å². The van der Waals surface area contributed by atoms with Crippen LogP contribution in [0.3, 0.4) is 0 Å². The smallest absolute Gasteiger partial charge is 0.295 e. The molecule has 0 unspecified atom stereocenters. The van der Waals surface area contributed by atoms with E-state index in [1.165, 1.54) is 17.0 Å². The van der Waals surface area contributed by atoms with Crippen molar-refractivity contribution in [1.29, 1.82) is 0 Å². The van der Waals surface area contributed by atoms with Crippen molar-refractivity contribution < 1.29 is 18.3 Å². The van der Waals surface area contributed by atoms with E-state index in [0.717, 1.165) is 10.5 Å². The molecule has 1 N–H and O–H groups in total. The average molecular weight is 452 g/mol. The number of aliphatic hydroxyl groups excluding tert-OH is 1. The summed E-state index contributed by atoms with van der Waals surface area (Å²) in [7, 11) is -4.13. The minimum atomic E-state index is -4.13. The standard InChI is InChI=1S/C24H21NO4S2/c1-16-8-14-20(15-9-16)31(28,29)23-21(17-10-12-19(30-2)13-11-17)25(24(27)22(23)26)18-6-4-3-5-7-18/h3-15,21,26H,1-2H3/t21-/m0/s1. The number of rotatable bonds is 5. The molecule has 1 heterocycles. The highest BCUT2D eigenvalue weighted by Gasteiger charge is 2.47. The predicted molar refractivity (Wildman–Crippen MR) is 123 cm³/mol. The van der Waals surface area contributed by atoms with E-state index in [4.69, 9.17) is 0 Å². The summed E-state index contributed by atoms with van der Waals surface area (Å²) < 4.78 is 27.2. The van der Waals surface area contributed by atoms with Gasteiger partial charge in [-0.1, -0.05) is 48.0 Å². The summed E-state index contributed by atoms with van der Waals surface area (Å²) in [5.41, 5.74) is 2.02. The van der Waals surface area contributed by atoms with Crippen molar-refractivity contribution in [2.45, 2.75) is 22.8 Å². The number of anilines is 1. The molecule has 3 aromatic carbocycles. The second kappa shape index (κ2) is 8.24. The molecule has 0 radical (unpaired) electrons. The Morgan fingerprint density at radius 2 is 1.52 bits per heavy atom. The third-order valence-corrected chi connectivity index (χ3v) is 7.88. The molecule has 5 nitrogen and oxygen atoms in total. The Morgan fingerprint density at radius 3 is 2.10 bits per heavy atom. The van der Waals surface area contributed by atoms with Crippen LogP contribution >= 0.6 is 11.8 Å². The van der Waals surface area contributed by atoms with Gasteiger partial charge in [-0.2, -0.15) is 0 Å². The summed E-state index contributed by atoms with van der Waals surface area (Å²) in [6.45, 7) is 1.86. The Balaban J connectivity index is 1.92. The van der Waals surface area contributed by atoms with Crippen LogP contribution in [0, 0.1) is 6.92 Å². The van der Waals surface area contributed by atoms with E-state index < -0.39 is 27.5 Å². The maximum atomic E-state index is 13.6. The lowest BCUT2D eigenvalue weighted by Crippen LogP contribution is -2.31. The normalized spacial score (nSPS) is 16.8. The summed E-state index contributed by atoms with van der Waals surface area (Å²) >= 11 is 1.56. The Labute approximate surface area is 186 Å². The number of hydrogen-bond donors (Lipinski definition) is 1. The van der Waals surface area contributed by atoms with Crippen LogP contribution in [0.1, 0.15) is 17.2 Å².